The number of hydrogen-bond acceptors (Lipinski definition) is 9. The Hall–Kier alpha value is -4.05. The zero-order valence-electron chi connectivity index (χ0n) is 19.5. The number of benzene rings is 2. The van der Waals surface area contributed by atoms with E-state index in [2.05, 4.69) is 20.4 Å². The Morgan fingerprint density at radius 2 is 1.63 bits per heavy atom. The summed E-state index contributed by atoms with van der Waals surface area (Å²) in [6.45, 7) is 1.89. The molecule has 1 amide bonds. The largest absolute Gasteiger partial charge is 0.465 e. The van der Waals surface area contributed by atoms with Gasteiger partial charge in [0.15, 0.2) is 0 Å². The molecule has 1 fully saturated rings. The van der Waals surface area contributed by atoms with Crippen molar-refractivity contribution in [3.8, 4) is 11.4 Å². The van der Waals surface area contributed by atoms with Gasteiger partial charge in [0.1, 0.15) is 0 Å². The fourth-order valence-corrected chi connectivity index (χ4v) is 3.98. The van der Waals surface area contributed by atoms with Crippen LogP contribution < -0.4 is 5.32 Å². The van der Waals surface area contributed by atoms with Crippen LogP contribution in [0.5, 0.6) is 0 Å². The van der Waals surface area contributed by atoms with Gasteiger partial charge in [-0.05, 0) is 44.1 Å². The summed E-state index contributed by atoms with van der Waals surface area (Å²) in [7, 11) is 2.49. The molecule has 2 heterocycles. The van der Waals surface area contributed by atoms with Crippen molar-refractivity contribution in [3.63, 3.8) is 0 Å². The van der Waals surface area contributed by atoms with Crippen molar-refractivity contribution in [2.24, 2.45) is 5.92 Å². The SMILES string of the molecule is COC(=O)c1cc(NC(=O)C2CCN(Cc3nc(-c4ccccc4)no3)CC2)cc(C(=O)OC)c1. The monoisotopic (exact) mass is 478 g/mol. The van der Waals surface area contributed by atoms with Gasteiger partial charge >= 0.3 is 11.9 Å². The maximum Gasteiger partial charge on any atom is 0.337 e. The molecule has 0 aliphatic carbocycles. The molecule has 0 saturated carbocycles. The molecule has 10 heteroatoms. The lowest BCUT2D eigenvalue weighted by Gasteiger charge is -2.30. The fourth-order valence-electron chi connectivity index (χ4n) is 3.98. The van der Waals surface area contributed by atoms with E-state index in [1.54, 1.807) is 0 Å². The number of aromatic nitrogens is 2. The molecule has 182 valence electrons. The highest BCUT2D eigenvalue weighted by atomic mass is 16.5. The van der Waals surface area contributed by atoms with Crippen LogP contribution in [0.4, 0.5) is 5.69 Å². The van der Waals surface area contributed by atoms with Crippen LogP contribution in [-0.2, 0) is 20.8 Å². The maximum absolute atomic E-state index is 12.9. The predicted molar refractivity (Wildman–Crippen MR) is 125 cm³/mol. The molecule has 10 nitrogen and oxygen atoms in total. The molecule has 1 N–H and O–H groups in total. The second kappa shape index (κ2) is 10.9. The molecule has 4 rings (SSSR count). The number of amides is 1. The highest BCUT2D eigenvalue weighted by Crippen LogP contribution is 2.23. The van der Waals surface area contributed by atoms with E-state index in [1.807, 2.05) is 30.3 Å². The minimum absolute atomic E-state index is 0.148. The molecule has 0 bridgehead atoms. The van der Waals surface area contributed by atoms with Gasteiger partial charge in [0.05, 0.1) is 31.9 Å². The van der Waals surface area contributed by atoms with E-state index in [0.29, 0.717) is 49.9 Å². The number of carbonyl (C=O) groups is 3. The Kier molecular flexibility index (Phi) is 7.51. The molecule has 0 atom stereocenters. The van der Waals surface area contributed by atoms with Gasteiger partial charge in [-0.25, -0.2) is 9.59 Å². The second-order valence-electron chi connectivity index (χ2n) is 8.20. The number of carbonyl (C=O) groups excluding carboxylic acids is 3. The molecule has 1 aliphatic heterocycles. The van der Waals surface area contributed by atoms with E-state index in [4.69, 9.17) is 14.0 Å². The maximum atomic E-state index is 12.9. The molecule has 0 unspecified atom stereocenters. The summed E-state index contributed by atoms with van der Waals surface area (Å²) in [5.74, 6) is -0.534. The summed E-state index contributed by atoms with van der Waals surface area (Å²) < 4.78 is 14.9. The van der Waals surface area contributed by atoms with Crippen LogP contribution in [-0.4, -0.2) is 60.2 Å². The Balaban J connectivity index is 1.34. The minimum Gasteiger partial charge on any atom is -0.465 e. The van der Waals surface area contributed by atoms with Gasteiger partial charge in [0.25, 0.3) is 0 Å². The number of ether oxygens (including phenoxy) is 2. The first-order valence-corrected chi connectivity index (χ1v) is 11.2. The average Bonchev–Trinajstić information content (AvgIpc) is 3.36. The number of esters is 2. The Bertz CT molecular complexity index is 1170. The molecule has 1 aromatic heterocycles. The van der Waals surface area contributed by atoms with Crippen LogP contribution in [0.2, 0.25) is 0 Å². The van der Waals surface area contributed by atoms with Gasteiger partial charge in [0.2, 0.25) is 17.6 Å². The van der Waals surface area contributed by atoms with Crippen LogP contribution >= 0.6 is 0 Å². The molecular weight excluding hydrogens is 452 g/mol. The van der Waals surface area contributed by atoms with Gasteiger partial charge in [-0.1, -0.05) is 35.5 Å². The van der Waals surface area contributed by atoms with Gasteiger partial charge in [0, 0.05) is 17.2 Å². The third kappa shape index (κ3) is 5.90. The number of piperidine rings is 1. The number of methoxy groups -OCH3 is 2. The molecule has 35 heavy (non-hydrogen) atoms. The van der Waals surface area contributed by atoms with Crippen molar-refractivity contribution in [1.29, 1.82) is 0 Å². The quantitative estimate of drug-likeness (QED) is 0.510. The third-order valence-corrected chi connectivity index (χ3v) is 5.86. The zero-order chi connectivity index (χ0) is 24.8. The van der Waals surface area contributed by atoms with Gasteiger partial charge in [-0.2, -0.15) is 4.98 Å². The van der Waals surface area contributed by atoms with Crippen molar-refractivity contribution in [2.75, 3.05) is 32.6 Å². The van der Waals surface area contributed by atoms with Crippen molar-refractivity contribution in [1.82, 2.24) is 15.0 Å². The topological polar surface area (TPSA) is 124 Å². The second-order valence-corrected chi connectivity index (χ2v) is 8.20. The summed E-state index contributed by atoms with van der Waals surface area (Å²) in [6.07, 6.45) is 1.29. The van der Waals surface area contributed by atoms with E-state index >= 15 is 0 Å². The molecule has 3 aromatic rings. The van der Waals surface area contributed by atoms with Crippen molar-refractivity contribution >= 4 is 23.5 Å². The number of likely N-dealkylation sites (tertiary alicyclic amines) is 1. The molecule has 1 aliphatic rings. The van der Waals surface area contributed by atoms with E-state index in [-0.39, 0.29) is 23.0 Å². The number of anilines is 1. The molecular formula is C25H26N4O6. The standard InChI is InChI=1S/C25H26N4O6/c1-33-24(31)18-12-19(25(32)34-2)14-20(13-18)26-23(30)17-8-10-29(11-9-17)15-21-27-22(28-35-21)16-6-4-3-5-7-16/h3-7,12-14,17H,8-11,15H2,1-2H3,(H,26,30). The first-order valence-electron chi connectivity index (χ1n) is 11.2. The first-order chi connectivity index (χ1) is 17.0. The lowest BCUT2D eigenvalue weighted by molar-refractivity contribution is -0.121. The Labute approximate surface area is 202 Å². The Morgan fingerprint density at radius 3 is 2.23 bits per heavy atom. The number of nitrogens with one attached hydrogen (secondary N) is 1. The lowest BCUT2D eigenvalue weighted by atomic mass is 9.95. The molecule has 1 saturated heterocycles. The van der Waals surface area contributed by atoms with Crippen LogP contribution in [0.1, 0.15) is 39.4 Å². The molecule has 0 radical (unpaired) electrons. The highest BCUT2D eigenvalue weighted by Gasteiger charge is 2.26. The van der Waals surface area contributed by atoms with E-state index < -0.39 is 11.9 Å². The first kappa shape index (κ1) is 24.1. The van der Waals surface area contributed by atoms with Crippen LogP contribution in [0.3, 0.4) is 0 Å². The van der Waals surface area contributed by atoms with E-state index in [9.17, 15) is 14.4 Å². The molecule has 2 aromatic carbocycles. The van der Waals surface area contributed by atoms with Crippen LogP contribution in [0.25, 0.3) is 11.4 Å². The summed E-state index contributed by atoms with van der Waals surface area (Å²) in [5, 5.41) is 6.87. The number of hydrogen-bond donors (Lipinski definition) is 1. The minimum atomic E-state index is -0.615. The van der Waals surface area contributed by atoms with Gasteiger partial charge < -0.3 is 19.3 Å². The van der Waals surface area contributed by atoms with Crippen LogP contribution in [0, 0.1) is 5.92 Å². The van der Waals surface area contributed by atoms with Gasteiger partial charge in [-0.15, -0.1) is 0 Å². The average molecular weight is 479 g/mol. The highest BCUT2D eigenvalue weighted by molar-refractivity contribution is 5.99. The number of nitrogens with zero attached hydrogens (tertiary/aromatic N) is 3. The summed E-state index contributed by atoms with van der Waals surface area (Å²) >= 11 is 0. The zero-order valence-corrected chi connectivity index (χ0v) is 19.5. The van der Waals surface area contributed by atoms with Crippen molar-refractivity contribution in [2.45, 2.75) is 19.4 Å². The predicted octanol–water partition coefficient (Wildman–Crippen LogP) is 3.16. The molecule has 0 spiro atoms. The summed E-state index contributed by atoms with van der Waals surface area (Å²) in [4.78, 5) is 43.5. The normalized spacial score (nSPS) is 14.3. The summed E-state index contributed by atoms with van der Waals surface area (Å²) in [5.41, 5.74) is 1.52. The summed E-state index contributed by atoms with van der Waals surface area (Å²) in [6, 6.07) is 13.9. The number of rotatable bonds is 7. The van der Waals surface area contributed by atoms with E-state index in [1.165, 1.54) is 32.4 Å². The van der Waals surface area contributed by atoms with Crippen LogP contribution in [0.15, 0.2) is 53.1 Å². The third-order valence-electron chi connectivity index (χ3n) is 5.86. The smallest absolute Gasteiger partial charge is 0.337 e. The fraction of sp³-hybridized carbons (Fsp3) is 0.320. The lowest BCUT2D eigenvalue weighted by Crippen LogP contribution is -2.37. The van der Waals surface area contributed by atoms with Crippen molar-refractivity contribution < 1.29 is 28.4 Å². The Morgan fingerprint density at radius 1 is 1.00 bits per heavy atom. The van der Waals surface area contributed by atoms with E-state index in [0.717, 1.165) is 5.56 Å². The van der Waals surface area contributed by atoms with Gasteiger partial charge in [-0.3, -0.25) is 9.69 Å². The van der Waals surface area contributed by atoms with Crippen molar-refractivity contribution in [3.05, 3.63) is 65.5 Å².